The average Bonchev–Trinajstić information content (AvgIpc) is 2.83. The van der Waals surface area contributed by atoms with E-state index in [-0.39, 0.29) is 41.6 Å². The van der Waals surface area contributed by atoms with Crippen LogP contribution < -0.4 is 15.2 Å². The van der Waals surface area contributed by atoms with E-state index in [0.717, 1.165) is 0 Å². The number of carbonyl (C=O) groups excluding carboxylic acids is 3. The molecular weight excluding hydrogens is 470 g/mol. The maximum atomic E-state index is 13.5. The van der Waals surface area contributed by atoms with Crippen LogP contribution in [0.1, 0.15) is 24.0 Å². The molecule has 0 bridgehead atoms. The Morgan fingerprint density at radius 2 is 1.83 bits per heavy atom. The lowest BCUT2D eigenvalue weighted by Gasteiger charge is -2.41. The summed E-state index contributed by atoms with van der Waals surface area (Å²) in [4.78, 5) is 46.1. The van der Waals surface area contributed by atoms with Crippen molar-refractivity contribution in [2.24, 2.45) is 23.5 Å². The molecule has 11 heteroatoms. The number of amides is 1. The standard InChI is InChI=1S/C25H23N3O8/c1-35-24-13(8-27-25(28-24)36-2)11-3-4-14(29)18-12(11)6-9-5-10-7-15(30)19(23(26)34)22(33)17(10)20(31)16(9)21(18)32/h3-4,8-10,17,29,32-33H,5-7H2,1-2H3,(H2,26,34)/t9-,10?,17?/m1/s1. The average molecular weight is 493 g/mol. The van der Waals surface area contributed by atoms with Crippen LogP contribution in [0.4, 0.5) is 0 Å². The summed E-state index contributed by atoms with van der Waals surface area (Å²) in [6.07, 6.45) is 1.93. The molecule has 0 spiro atoms. The Bertz CT molecular complexity index is 1410. The second kappa shape index (κ2) is 8.36. The molecule has 3 aliphatic carbocycles. The maximum Gasteiger partial charge on any atom is 0.319 e. The largest absolute Gasteiger partial charge is 0.511 e. The molecule has 0 saturated heterocycles. The number of ether oxygens (including phenoxy) is 2. The van der Waals surface area contributed by atoms with Crippen molar-refractivity contribution in [2.45, 2.75) is 19.3 Å². The number of primary amides is 1. The lowest BCUT2D eigenvalue weighted by molar-refractivity contribution is -0.127. The third kappa shape index (κ3) is 3.30. The number of aromatic nitrogens is 2. The Morgan fingerprint density at radius 1 is 1.08 bits per heavy atom. The minimum Gasteiger partial charge on any atom is -0.511 e. The third-order valence-corrected chi connectivity index (χ3v) is 7.17. The molecule has 5 N–H and O–H groups in total. The molecule has 1 fully saturated rings. The fourth-order valence-corrected chi connectivity index (χ4v) is 5.68. The molecule has 0 aliphatic heterocycles. The highest BCUT2D eigenvalue weighted by Crippen LogP contribution is 2.51. The van der Waals surface area contributed by atoms with Crippen LogP contribution in [0.25, 0.3) is 16.9 Å². The Morgan fingerprint density at radius 3 is 2.50 bits per heavy atom. The van der Waals surface area contributed by atoms with Crippen LogP contribution in [-0.4, -0.2) is 57.0 Å². The quantitative estimate of drug-likeness (QED) is 0.458. The first-order valence-corrected chi connectivity index (χ1v) is 11.2. The zero-order valence-corrected chi connectivity index (χ0v) is 19.4. The molecule has 1 saturated carbocycles. The number of aliphatic hydroxyl groups excluding tert-OH is 2. The number of Topliss-reactive ketones (excluding diaryl/α,β-unsaturated/α-hetero) is 2. The number of hydrogen-bond acceptors (Lipinski definition) is 10. The van der Waals surface area contributed by atoms with Crippen molar-refractivity contribution in [3.63, 3.8) is 0 Å². The summed E-state index contributed by atoms with van der Waals surface area (Å²) < 4.78 is 10.5. The molecule has 36 heavy (non-hydrogen) atoms. The molecule has 0 radical (unpaired) electrons. The number of carbonyl (C=O) groups is 3. The first kappa shape index (κ1) is 23.3. The van der Waals surface area contributed by atoms with Gasteiger partial charge in [-0.25, -0.2) is 4.98 Å². The SMILES string of the molecule is COc1ncc(-c2ccc(O)c3c2C[C@H]2CC4CC(=O)C(C(N)=O)=C(O)C4C(=O)C2=C3O)c(OC)n1. The van der Waals surface area contributed by atoms with Crippen LogP contribution in [0.3, 0.4) is 0 Å². The Kier molecular flexibility index (Phi) is 5.42. The molecule has 1 amide bonds. The van der Waals surface area contributed by atoms with Crippen molar-refractivity contribution in [1.29, 1.82) is 0 Å². The summed E-state index contributed by atoms with van der Waals surface area (Å²) in [5, 5.41) is 32.6. The summed E-state index contributed by atoms with van der Waals surface area (Å²) in [5.74, 6) is -5.62. The van der Waals surface area contributed by atoms with E-state index in [1.165, 1.54) is 26.5 Å². The van der Waals surface area contributed by atoms with E-state index in [4.69, 9.17) is 15.2 Å². The first-order valence-electron chi connectivity index (χ1n) is 11.2. The van der Waals surface area contributed by atoms with Gasteiger partial charge >= 0.3 is 6.01 Å². The van der Waals surface area contributed by atoms with E-state index < -0.39 is 52.3 Å². The maximum absolute atomic E-state index is 13.5. The Hall–Kier alpha value is -4.41. The number of nitrogens with two attached hydrogens (primary N) is 1. The number of ketones is 2. The molecule has 3 atom stereocenters. The Labute approximate surface area is 204 Å². The summed E-state index contributed by atoms with van der Waals surface area (Å²) in [6.45, 7) is 0. The Balaban J connectivity index is 1.67. The number of nitrogens with zero attached hydrogens (tertiary/aromatic N) is 2. The monoisotopic (exact) mass is 493 g/mol. The van der Waals surface area contributed by atoms with Gasteiger partial charge in [-0.05, 0) is 41.9 Å². The van der Waals surface area contributed by atoms with Gasteiger partial charge in [-0.1, -0.05) is 6.07 Å². The number of allylic oxidation sites excluding steroid dienone is 2. The van der Waals surface area contributed by atoms with Crippen molar-refractivity contribution >= 4 is 23.2 Å². The molecule has 1 heterocycles. The third-order valence-electron chi connectivity index (χ3n) is 7.17. The first-order chi connectivity index (χ1) is 17.2. The van der Waals surface area contributed by atoms with Gasteiger partial charge in [-0.2, -0.15) is 4.98 Å². The van der Waals surface area contributed by atoms with Gasteiger partial charge in [-0.3, -0.25) is 14.4 Å². The van der Waals surface area contributed by atoms with Gasteiger partial charge in [-0.15, -0.1) is 0 Å². The van der Waals surface area contributed by atoms with Crippen LogP contribution in [0, 0.1) is 17.8 Å². The van der Waals surface area contributed by atoms with Crippen LogP contribution in [-0.2, 0) is 20.8 Å². The zero-order valence-electron chi connectivity index (χ0n) is 19.4. The molecule has 1 aromatic carbocycles. The second-order valence-corrected chi connectivity index (χ2v) is 9.02. The van der Waals surface area contributed by atoms with Crippen LogP contribution >= 0.6 is 0 Å². The molecule has 5 rings (SSSR count). The van der Waals surface area contributed by atoms with Gasteiger partial charge in [0.1, 0.15) is 22.8 Å². The highest BCUT2D eigenvalue weighted by atomic mass is 16.5. The molecule has 2 unspecified atom stereocenters. The summed E-state index contributed by atoms with van der Waals surface area (Å²) in [6, 6.07) is 3.13. The second-order valence-electron chi connectivity index (χ2n) is 9.02. The van der Waals surface area contributed by atoms with Crippen molar-refractivity contribution in [2.75, 3.05) is 14.2 Å². The highest BCUT2D eigenvalue weighted by Gasteiger charge is 2.51. The summed E-state index contributed by atoms with van der Waals surface area (Å²) in [7, 11) is 2.86. The molecule has 1 aromatic heterocycles. The van der Waals surface area contributed by atoms with E-state index in [0.29, 0.717) is 23.1 Å². The molecule has 3 aliphatic rings. The number of rotatable bonds is 4. The zero-order chi connectivity index (χ0) is 25.9. The number of methoxy groups -OCH3 is 2. The van der Waals surface area contributed by atoms with Gasteiger partial charge in [0, 0.05) is 18.2 Å². The minimum absolute atomic E-state index is 0.0406. The predicted octanol–water partition coefficient (Wildman–Crippen LogP) is 1.78. The minimum atomic E-state index is -1.17. The summed E-state index contributed by atoms with van der Waals surface area (Å²) >= 11 is 0. The van der Waals surface area contributed by atoms with E-state index in [2.05, 4.69) is 9.97 Å². The van der Waals surface area contributed by atoms with Gasteiger partial charge in [0.2, 0.25) is 5.88 Å². The van der Waals surface area contributed by atoms with Crippen molar-refractivity contribution < 1.29 is 39.2 Å². The van der Waals surface area contributed by atoms with E-state index in [1.807, 2.05) is 0 Å². The molecule has 11 nitrogen and oxygen atoms in total. The molecule has 186 valence electrons. The van der Waals surface area contributed by atoms with Gasteiger partial charge in [0.15, 0.2) is 11.6 Å². The van der Waals surface area contributed by atoms with Crippen molar-refractivity contribution in [1.82, 2.24) is 9.97 Å². The number of aliphatic hydroxyl groups is 2. The fraction of sp³-hybridized carbons (Fsp3) is 0.320. The number of benzene rings is 1. The van der Waals surface area contributed by atoms with Gasteiger partial charge < -0.3 is 30.5 Å². The van der Waals surface area contributed by atoms with Crippen molar-refractivity contribution in [3.05, 3.63) is 46.4 Å². The number of aromatic hydroxyl groups is 1. The predicted molar refractivity (Wildman–Crippen MR) is 124 cm³/mol. The van der Waals surface area contributed by atoms with Gasteiger partial charge in [0.25, 0.3) is 5.91 Å². The number of phenols is 1. The summed E-state index contributed by atoms with van der Waals surface area (Å²) in [5.41, 5.74) is 6.43. The van der Waals surface area contributed by atoms with Crippen LogP contribution in [0.15, 0.2) is 35.2 Å². The molecule has 2 aromatic rings. The topological polar surface area (TPSA) is 182 Å². The normalized spacial score (nSPS) is 23.1. The van der Waals surface area contributed by atoms with E-state index in [9.17, 15) is 29.7 Å². The lowest BCUT2D eigenvalue weighted by Crippen LogP contribution is -2.44. The number of hydrogen-bond donors (Lipinski definition) is 4. The van der Waals surface area contributed by atoms with Crippen molar-refractivity contribution in [3.8, 4) is 28.8 Å². The number of fused-ring (bicyclic) bond motifs is 3. The fourth-order valence-electron chi connectivity index (χ4n) is 5.68. The molecular formula is C25H23N3O8. The number of phenolic OH excluding ortho intramolecular Hbond substituents is 1. The highest BCUT2D eigenvalue weighted by molar-refractivity contribution is 6.21. The van der Waals surface area contributed by atoms with Crippen LogP contribution in [0.2, 0.25) is 0 Å². The van der Waals surface area contributed by atoms with Gasteiger partial charge in [0.05, 0.1) is 31.3 Å². The van der Waals surface area contributed by atoms with E-state index >= 15 is 0 Å². The smallest absolute Gasteiger partial charge is 0.319 e. The lowest BCUT2D eigenvalue weighted by atomic mass is 9.61. The van der Waals surface area contributed by atoms with Crippen LogP contribution in [0.5, 0.6) is 17.6 Å². The van der Waals surface area contributed by atoms with E-state index in [1.54, 1.807) is 6.07 Å².